The van der Waals surface area contributed by atoms with Crippen molar-refractivity contribution in [1.82, 2.24) is 4.90 Å². The van der Waals surface area contributed by atoms with Gasteiger partial charge in [-0.3, -0.25) is 9.59 Å². The SMILES string of the molecule is CCCOc1ccc(/C(O)=C2/C(=O)C(=O)N(CCc3ccc(Cl)cc3)C2c2cccc(O)c2)cc1C. The van der Waals surface area contributed by atoms with Gasteiger partial charge in [-0.2, -0.15) is 0 Å². The van der Waals surface area contributed by atoms with Gasteiger partial charge >= 0.3 is 0 Å². The first kappa shape index (κ1) is 25.3. The topological polar surface area (TPSA) is 87.1 Å². The number of carbonyl (C=O) groups excluding carboxylic acids is 2. The fourth-order valence-electron chi connectivity index (χ4n) is 4.38. The second-order valence-corrected chi connectivity index (χ2v) is 9.23. The largest absolute Gasteiger partial charge is 0.508 e. The molecule has 2 N–H and O–H groups in total. The molecule has 1 fully saturated rings. The van der Waals surface area contributed by atoms with Gasteiger partial charge in [-0.15, -0.1) is 0 Å². The van der Waals surface area contributed by atoms with E-state index in [4.69, 9.17) is 16.3 Å². The number of phenols is 1. The smallest absolute Gasteiger partial charge is 0.295 e. The highest BCUT2D eigenvalue weighted by atomic mass is 35.5. The average molecular weight is 506 g/mol. The summed E-state index contributed by atoms with van der Waals surface area (Å²) in [6.45, 7) is 4.69. The van der Waals surface area contributed by atoms with Gasteiger partial charge in [0, 0.05) is 17.1 Å². The minimum Gasteiger partial charge on any atom is -0.508 e. The maximum absolute atomic E-state index is 13.2. The first-order valence-electron chi connectivity index (χ1n) is 11.9. The summed E-state index contributed by atoms with van der Waals surface area (Å²) >= 11 is 5.98. The van der Waals surface area contributed by atoms with Gasteiger partial charge in [0.2, 0.25) is 0 Å². The molecule has 3 aromatic rings. The first-order valence-corrected chi connectivity index (χ1v) is 12.2. The van der Waals surface area contributed by atoms with Crippen LogP contribution in [0.1, 0.15) is 41.6 Å². The number of benzene rings is 3. The monoisotopic (exact) mass is 505 g/mol. The molecule has 186 valence electrons. The van der Waals surface area contributed by atoms with Crippen LogP contribution in [0.15, 0.2) is 72.3 Å². The molecular formula is C29H28ClNO5. The number of ketones is 1. The molecule has 7 heteroatoms. The number of hydrogen-bond donors (Lipinski definition) is 2. The standard InChI is InChI=1S/C29H28ClNO5/c1-3-15-36-24-12-9-21(16-18(24)2)27(33)25-26(20-5-4-6-23(32)17-20)31(29(35)28(25)34)14-13-19-7-10-22(30)11-8-19/h4-12,16-17,26,32-33H,3,13-15H2,1-2H3/b27-25-. The van der Waals surface area contributed by atoms with E-state index in [0.29, 0.717) is 34.9 Å². The number of aliphatic hydroxyl groups excluding tert-OH is 1. The van der Waals surface area contributed by atoms with Crippen molar-refractivity contribution in [2.45, 2.75) is 32.7 Å². The molecule has 0 aliphatic carbocycles. The minimum absolute atomic E-state index is 0.00376. The lowest BCUT2D eigenvalue weighted by atomic mass is 9.94. The van der Waals surface area contributed by atoms with E-state index in [1.807, 2.05) is 26.0 Å². The number of phenolic OH excluding ortho intramolecular Hbond substituents is 1. The third-order valence-corrected chi connectivity index (χ3v) is 6.44. The van der Waals surface area contributed by atoms with E-state index >= 15 is 0 Å². The average Bonchev–Trinajstić information content (AvgIpc) is 3.12. The third-order valence-electron chi connectivity index (χ3n) is 6.19. The lowest BCUT2D eigenvalue weighted by Crippen LogP contribution is -2.31. The maximum atomic E-state index is 13.2. The van der Waals surface area contributed by atoms with Crippen molar-refractivity contribution in [2.24, 2.45) is 0 Å². The second kappa shape index (κ2) is 10.9. The predicted molar refractivity (Wildman–Crippen MR) is 139 cm³/mol. The van der Waals surface area contributed by atoms with Crippen LogP contribution in [-0.4, -0.2) is 40.0 Å². The molecule has 1 heterocycles. The number of amides is 1. The molecule has 1 atom stereocenters. The number of carbonyl (C=O) groups is 2. The zero-order valence-electron chi connectivity index (χ0n) is 20.2. The summed E-state index contributed by atoms with van der Waals surface area (Å²) in [4.78, 5) is 27.8. The van der Waals surface area contributed by atoms with Crippen LogP contribution in [0.2, 0.25) is 5.02 Å². The van der Waals surface area contributed by atoms with Gasteiger partial charge in [-0.1, -0.05) is 42.8 Å². The van der Waals surface area contributed by atoms with Crippen molar-refractivity contribution in [2.75, 3.05) is 13.2 Å². The zero-order chi connectivity index (χ0) is 25.8. The quantitative estimate of drug-likeness (QED) is 0.229. The molecule has 6 nitrogen and oxygen atoms in total. The van der Waals surface area contributed by atoms with Crippen LogP contribution in [0.25, 0.3) is 5.76 Å². The van der Waals surface area contributed by atoms with Crippen LogP contribution in [0.3, 0.4) is 0 Å². The van der Waals surface area contributed by atoms with Crippen LogP contribution in [0, 0.1) is 6.92 Å². The van der Waals surface area contributed by atoms with Gasteiger partial charge in [0.05, 0.1) is 18.2 Å². The van der Waals surface area contributed by atoms with E-state index in [9.17, 15) is 19.8 Å². The number of Topliss-reactive ketones (excluding diaryl/α,β-unsaturated/α-hetero) is 1. The highest BCUT2D eigenvalue weighted by molar-refractivity contribution is 6.46. The van der Waals surface area contributed by atoms with Gasteiger partial charge in [-0.05, 0) is 78.9 Å². The molecule has 1 amide bonds. The van der Waals surface area contributed by atoms with Crippen LogP contribution in [-0.2, 0) is 16.0 Å². The Morgan fingerprint density at radius 2 is 1.81 bits per heavy atom. The number of ether oxygens (including phenoxy) is 1. The molecule has 0 bridgehead atoms. The summed E-state index contributed by atoms with van der Waals surface area (Å²) in [6, 6.07) is 18.0. The molecule has 3 aromatic carbocycles. The number of aliphatic hydroxyl groups is 1. The van der Waals surface area contributed by atoms with Crippen LogP contribution >= 0.6 is 11.6 Å². The highest BCUT2D eigenvalue weighted by Crippen LogP contribution is 2.40. The van der Waals surface area contributed by atoms with E-state index < -0.39 is 17.7 Å². The maximum Gasteiger partial charge on any atom is 0.295 e. The van der Waals surface area contributed by atoms with E-state index in [2.05, 4.69) is 0 Å². The van der Waals surface area contributed by atoms with Crippen molar-refractivity contribution in [3.63, 3.8) is 0 Å². The van der Waals surface area contributed by atoms with Crippen LogP contribution < -0.4 is 4.74 Å². The number of halogens is 1. The molecule has 0 aromatic heterocycles. The number of rotatable bonds is 8. The van der Waals surface area contributed by atoms with E-state index in [1.165, 1.54) is 17.0 Å². The molecule has 0 spiro atoms. The summed E-state index contributed by atoms with van der Waals surface area (Å²) < 4.78 is 5.72. The van der Waals surface area contributed by atoms with Gasteiger partial charge in [-0.25, -0.2) is 0 Å². The van der Waals surface area contributed by atoms with Gasteiger partial charge in [0.15, 0.2) is 0 Å². The molecule has 0 radical (unpaired) electrons. The molecule has 36 heavy (non-hydrogen) atoms. The Balaban J connectivity index is 1.75. The predicted octanol–water partition coefficient (Wildman–Crippen LogP) is 5.81. The third kappa shape index (κ3) is 5.24. The van der Waals surface area contributed by atoms with Crippen molar-refractivity contribution in [3.8, 4) is 11.5 Å². The lowest BCUT2D eigenvalue weighted by Gasteiger charge is -2.25. The molecule has 1 saturated heterocycles. The Morgan fingerprint density at radius 1 is 1.06 bits per heavy atom. The summed E-state index contributed by atoms with van der Waals surface area (Å²) in [5.41, 5.74) is 2.69. The number of likely N-dealkylation sites (tertiary alicyclic amines) is 1. The molecule has 0 saturated carbocycles. The summed E-state index contributed by atoms with van der Waals surface area (Å²) in [6.07, 6.45) is 1.35. The van der Waals surface area contributed by atoms with E-state index in [-0.39, 0.29) is 23.6 Å². The number of aryl methyl sites for hydroxylation is 1. The van der Waals surface area contributed by atoms with Crippen molar-refractivity contribution >= 4 is 29.1 Å². The van der Waals surface area contributed by atoms with Gasteiger partial charge < -0.3 is 19.8 Å². The number of nitrogens with zero attached hydrogens (tertiary/aromatic N) is 1. The van der Waals surface area contributed by atoms with Crippen LogP contribution in [0.5, 0.6) is 11.5 Å². The van der Waals surface area contributed by atoms with Crippen molar-refractivity contribution in [1.29, 1.82) is 0 Å². The fraction of sp³-hybridized carbons (Fsp3) is 0.241. The van der Waals surface area contributed by atoms with Crippen LogP contribution in [0.4, 0.5) is 0 Å². The summed E-state index contributed by atoms with van der Waals surface area (Å²) in [5.74, 6) is -1.02. The lowest BCUT2D eigenvalue weighted by molar-refractivity contribution is -0.139. The molecule has 1 unspecified atom stereocenters. The Bertz CT molecular complexity index is 1320. The molecular weight excluding hydrogens is 478 g/mol. The fourth-order valence-corrected chi connectivity index (χ4v) is 4.50. The molecule has 1 aliphatic rings. The second-order valence-electron chi connectivity index (χ2n) is 8.79. The van der Waals surface area contributed by atoms with E-state index in [0.717, 1.165) is 17.5 Å². The zero-order valence-corrected chi connectivity index (χ0v) is 21.0. The Labute approximate surface area is 215 Å². The van der Waals surface area contributed by atoms with Gasteiger partial charge in [0.25, 0.3) is 11.7 Å². The number of hydrogen-bond acceptors (Lipinski definition) is 5. The van der Waals surface area contributed by atoms with Gasteiger partial charge in [0.1, 0.15) is 17.3 Å². The number of aromatic hydroxyl groups is 1. The Hall–Kier alpha value is -3.77. The molecule has 1 aliphatic heterocycles. The summed E-state index contributed by atoms with van der Waals surface area (Å²) in [5, 5.41) is 22.0. The molecule has 4 rings (SSSR count). The normalized spacial score (nSPS) is 17.0. The first-order chi connectivity index (χ1) is 17.3. The van der Waals surface area contributed by atoms with Crippen molar-refractivity contribution < 1.29 is 24.5 Å². The summed E-state index contributed by atoms with van der Waals surface area (Å²) in [7, 11) is 0. The minimum atomic E-state index is -0.847. The Kier molecular flexibility index (Phi) is 7.65. The Morgan fingerprint density at radius 3 is 2.47 bits per heavy atom. The van der Waals surface area contributed by atoms with E-state index in [1.54, 1.807) is 42.5 Å². The highest BCUT2D eigenvalue weighted by Gasteiger charge is 2.46. The van der Waals surface area contributed by atoms with Crippen molar-refractivity contribution in [3.05, 3.63) is 99.6 Å².